The summed E-state index contributed by atoms with van der Waals surface area (Å²) >= 11 is 0. The lowest BCUT2D eigenvalue weighted by Gasteiger charge is -2.36. The smallest absolute Gasteiger partial charge is 0.252 e. The summed E-state index contributed by atoms with van der Waals surface area (Å²) in [5, 5.41) is 5.89. The highest BCUT2D eigenvalue weighted by molar-refractivity contribution is 5.98. The molecule has 170 valence electrons. The second kappa shape index (κ2) is 10.0. The minimum Gasteiger partial charge on any atom is -0.454 e. The number of hydrogen-bond acceptors (Lipinski definition) is 5. The maximum Gasteiger partial charge on any atom is 0.252 e. The van der Waals surface area contributed by atoms with Gasteiger partial charge in [-0.1, -0.05) is 27.7 Å². The summed E-state index contributed by atoms with van der Waals surface area (Å²) in [6, 6.07) is 4.33. The number of rotatable bonds is 7. The number of ether oxygens (including phenoxy) is 2. The van der Waals surface area contributed by atoms with Crippen LogP contribution in [0.15, 0.2) is 18.2 Å². The maximum absolute atomic E-state index is 13.0. The normalized spacial score (nSPS) is 17.0. The molecule has 8 heteroatoms. The van der Waals surface area contributed by atoms with Gasteiger partial charge in [0, 0.05) is 31.1 Å². The Morgan fingerprint density at radius 2 is 1.74 bits per heavy atom. The molecular weight excluding hydrogens is 398 g/mol. The van der Waals surface area contributed by atoms with Gasteiger partial charge in [-0.05, 0) is 42.9 Å². The maximum atomic E-state index is 13.0. The lowest BCUT2D eigenvalue weighted by atomic mass is 9.88. The van der Waals surface area contributed by atoms with Gasteiger partial charge in [0.2, 0.25) is 18.6 Å². The van der Waals surface area contributed by atoms with E-state index in [1.165, 1.54) is 0 Å². The quantitative estimate of drug-likeness (QED) is 0.690. The predicted octanol–water partition coefficient (Wildman–Crippen LogP) is 2.18. The molecule has 2 aliphatic rings. The molecule has 0 bridgehead atoms. The van der Waals surface area contributed by atoms with E-state index in [-0.39, 0.29) is 36.4 Å². The molecule has 0 radical (unpaired) electrons. The number of carbonyl (C=O) groups excluding carboxylic acids is 3. The predicted molar refractivity (Wildman–Crippen MR) is 116 cm³/mol. The first kappa shape index (κ1) is 22.9. The molecule has 2 N–H and O–H groups in total. The van der Waals surface area contributed by atoms with E-state index in [4.69, 9.17) is 9.47 Å². The van der Waals surface area contributed by atoms with Gasteiger partial charge in [0.25, 0.3) is 5.91 Å². The third kappa shape index (κ3) is 5.68. The van der Waals surface area contributed by atoms with Crippen LogP contribution < -0.4 is 20.1 Å². The highest BCUT2D eigenvalue weighted by atomic mass is 16.7. The zero-order valence-corrected chi connectivity index (χ0v) is 18.8. The lowest BCUT2D eigenvalue weighted by Crippen LogP contribution is -2.54. The fraction of sp³-hybridized carbons (Fsp3) is 0.609. The molecule has 1 aromatic rings. The van der Waals surface area contributed by atoms with Crippen molar-refractivity contribution in [1.82, 2.24) is 15.5 Å². The van der Waals surface area contributed by atoms with Crippen LogP contribution in [0.4, 0.5) is 0 Å². The Balaban J connectivity index is 1.70. The second-order valence-electron chi connectivity index (χ2n) is 8.98. The molecular formula is C23H33N3O5. The van der Waals surface area contributed by atoms with Crippen LogP contribution in [-0.4, -0.2) is 55.1 Å². The van der Waals surface area contributed by atoms with Gasteiger partial charge < -0.3 is 25.0 Å². The topological polar surface area (TPSA) is 97.0 Å². The standard InChI is InChI=1S/C23H33N3O5/c1-14(2)12-24-22(28)20(16-7-9-26(10-8-16)23(29)15(3)4)25-21(27)17-5-6-18-19(11-17)31-13-30-18/h5-6,11,14-16,20H,7-10,12-13H2,1-4H3,(H,24,28)(H,25,27)/t20-/m1/s1. The minimum absolute atomic E-state index is 0.0404. The van der Waals surface area contributed by atoms with Crippen LogP contribution >= 0.6 is 0 Å². The molecule has 1 aromatic carbocycles. The van der Waals surface area contributed by atoms with Crippen LogP contribution in [0.2, 0.25) is 0 Å². The second-order valence-corrected chi connectivity index (χ2v) is 8.98. The molecule has 0 aliphatic carbocycles. The van der Waals surface area contributed by atoms with Crippen LogP contribution in [0.5, 0.6) is 11.5 Å². The first-order valence-electron chi connectivity index (χ1n) is 11.0. The molecule has 3 amide bonds. The number of piperidine rings is 1. The van der Waals surface area contributed by atoms with Crippen molar-refractivity contribution < 1.29 is 23.9 Å². The summed E-state index contributed by atoms with van der Waals surface area (Å²) in [6.45, 7) is 9.69. The molecule has 3 rings (SSSR count). The monoisotopic (exact) mass is 431 g/mol. The van der Waals surface area contributed by atoms with Gasteiger partial charge in [0.1, 0.15) is 6.04 Å². The first-order valence-corrected chi connectivity index (χ1v) is 11.0. The molecule has 1 fully saturated rings. The fourth-order valence-corrected chi connectivity index (χ4v) is 3.89. The van der Waals surface area contributed by atoms with Gasteiger partial charge in [-0.2, -0.15) is 0 Å². The highest BCUT2D eigenvalue weighted by Crippen LogP contribution is 2.32. The molecule has 1 atom stereocenters. The molecule has 8 nitrogen and oxygen atoms in total. The Kier molecular flexibility index (Phi) is 7.41. The molecule has 2 aliphatic heterocycles. The van der Waals surface area contributed by atoms with Gasteiger partial charge in [-0.15, -0.1) is 0 Å². The van der Waals surface area contributed by atoms with Gasteiger partial charge in [0.05, 0.1) is 0 Å². The number of amides is 3. The summed E-state index contributed by atoms with van der Waals surface area (Å²) in [4.78, 5) is 40.1. The number of fused-ring (bicyclic) bond motifs is 1. The third-order valence-corrected chi connectivity index (χ3v) is 5.70. The molecule has 0 spiro atoms. The van der Waals surface area contributed by atoms with E-state index in [2.05, 4.69) is 10.6 Å². The molecule has 0 unspecified atom stereocenters. The van der Waals surface area contributed by atoms with Gasteiger partial charge in [-0.25, -0.2) is 0 Å². The Morgan fingerprint density at radius 3 is 2.39 bits per heavy atom. The van der Waals surface area contributed by atoms with Gasteiger partial charge in [-0.3, -0.25) is 14.4 Å². The van der Waals surface area contributed by atoms with Crippen LogP contribution in [0.3, 0.4) is 0 Å². The summed E-state index contributed by atoms with van der Waals surface area (Å²) in [7, 11) is 0. The Labute approximate surface area is 183 Å². The Hall–Kier alpha value is -2.77. The van der Waals surface area contributed by atoms with E-state index in [1.807, 2.05) is 32.6 Å². The minimum atomic E-state index is -0.659. The number of nitrogens with one attached hydrogen (secondary N) is 2. The highest BCUT2D eigenvalue weighted by Gasteiger charge is 2.34. The van der Waals surface area contributed by atoms with E-state index in [9.17, 15) is 14.4 Å². The lowest BCUT2D eigenvalue weighted by molar-refractivity contribution is -0.136. The number of benzene rings is 1. The zero-order valence-electron chi connectivity index (χ0n) is 18.8. The summed E-state index contributed by atoms with van der Waals surface area (Å²) in [6.07, 6.45) is 1.33. The Morgan fingerprint density at radius 1 is 1.06 bits per heavy atom. The zero-order chi connectivity index (χ0) is 22.5. The SMILES string of the molecule is CC(C)CNC(=O)[C@H](NC(=O)c1ccc2c(c1)OCO2)C1CCN(C(=O)C(C)C)CC1. The van der Waals surface area contributed by atoms with Crippen LogP contribution in [0.25, 0.3) is 0 Å². The van der Waals surface area contributed by atoms with Crippen molar-refractivity contribution in [3.63, 3.8) is 0 Å². The van der Waals surface area contributed by atoms with Crippen molar-refractivity contribution in [2.75, 3.05) is 26.4 Å². The van der Waals surface area contributed by atoms with Crippen molar-refractivity contribution in [3.8, 4) is 11.5 Å². The molecule has 31 heavy (non-hydrogen) atoms. The number of likely N-dealkylation sites (tertiary alicyclic amines) is 1. The van der Waals surface area contributed by atoms with Crippen molar-refractivity contribution in [2.45, 2.75) is 46.6 Å². The van der Waals surface area contributed by atoms with Gasteiger partial charge in [0.15, 0.2) is 11.5 Å². The summed E-state index contributed by atoms with van der Waals surface area (Å²) in [5.41, 5.74) is 0.415. The van der Waals surface area contributed by atoms with E-state index in [0.717, 1.165) is 0 Å². The largest absolute Gasteiger partial charge is 0.454 e. The summed E-state index contributed by atoms with van der Waals surface area (Å²) < 4.78 is 10.7. The van der Waals surface area contributed by atoms with Crippen molar-refractivity contribution >= 4 is 17.7 Å². The van der Waals surface area contributed by atoms with Crippen molar-refractivity contribution in [1.29, 1.82) is 0 Å². The molecule has 1 saturated heterocycles. The van der Waals surface area contributed by atoms with E-state index in [1.54, 1.807) is 18.2 Å². The fourth-order valence-electron chi connectivity index (χ4n) is 3.89. The van der Waals surface area contributed by atoms with Crippen LogP contribution in [0, 0.1) is 17.8 Å². The first-order chi connectivity index (χ1) is 14.8. The van der Waals surface area contributed by atoms with Crippen LogP contribution in [0.1, 0.15) is 50.9 Å². The number of nitrogens with zero attached hydrogens (tertiary/aromatic N) is 1. The van der Waals surface area contributed by atoms with E-state index in [0.29, 0.717) is 55.5 Å². The Bertz CT molecular complexity index is 815. The average Bonchev–Trinajstić information content (AvgIpc) is 3.23. The van der Waals surface area contributed by atoms with E-state index >= 15 is 0 Å². The van der Waals surface area contributed by atoms with E-state index < -0.39 is 6.04 Å². The van der Waals surface area contributed by atoms with Crippen molar-refractivity contribution in [2.24, 2.45) is 17.8 Å². The van der Waals surface area contributed by atoms with Crippen molar-refractivity contribution in [3.05, 3.63) is 23.8 Å². The summed E-state index contributed by atoms with van der Waals surface area (Å²) in [5.74, 6) is 0.955. The molecule has 0 aromatic heterocycles. The average molecular weight is 432 g/mol. The number of hydrogen-bond donors (Lipinski definition) is 2. The third-order valence-electron chi connectivity index (χ3n) is 5.70. The van der Waals surface area contributed by atoms with Crippen LogP contribution in [-0.2, 0) is 9.59 Å². The van der Waals surface area contributed by atoms with Gasteiger partial charge >= 0.3 is 0 Å². The number of carbonyl (C=O) groups is 3. The molecule has 0 saturated carbocycles. The molecule has 2 heterocycles.